The number of ether oxygens (including phenoxy) is 1. The lowest BCUT2D eigenvalue weighted by Gasteiger charge is -2.19. The zero-order valence-electron chi connectivity index (χ0n) is 12.9. The second-order valence-corrected chi connectivity index (χ2v) is 6.20. The number of aliphatic hydroxyl groups is 1. The summed E-state index contributed by atoms with van der Waals surface area (Å²) in [6.45, 7) is 7.94. The van der Waals surface area contributed by atoms with Crippen molar-refractivity contribution >= 4 is 0 Å². The first-order valence-electron chi connectivity index (χ1n) is 7.04. The highest BCUT2D eigenvalue weighted by atomic mass is 19.1. The van der Waals surface area contributed by atoms with Gasteiger partial charge >= 0.3 is 0 Å². The molecule has 0 saturated carbocycles. The van der Waals surface area contributed by atoms with E-state index in [1.165, 1.54) is 18.6 Å². The molecule has 0 aliphatic rings. The Morgan fingerprint density at radius 3 is 2.19 bits per heavy atom. The van der Waals surface area contributed by atoms with Crippen molar-refractivity contribution in [3.05, 3.63) is 59.4 Å². The highest BCUT2D eigenvalue weighted by molar-refractivity contribution is 5.41. The van der Waals surface area contributed by atoms with Crippen LogP contribution in [0.15, 0.2) is 42.5 Å². The van der Waals surface area contributed by atoms with Gasteiger partial charge in [-0.25, -0.2) is 4.39 Å². The van der Waals surface area contributed by atoms with Crippen molar-refractivity contribution in [2.75, 3.05) is 0 Å². The van der Waals surface area contributed by atoms with Gasteiger partial charge < -0.3 is 9.84 Å². The van der Waals surface area contributed by atoms with Crippen LogP contribution in [0.1, 0.15) is 44.9 Å². The molecule has 0 heterocycles. The van der Waals surface area contributed by atoms with Gasteiger partial charge in [-0.05, 0) is 42.2 Å². The van der Waals surface area contributed by atoms with E-state index in [-0.39, 0.29) is 11.0 Å². The van der Waals surface area contributed by atoms with Crippen LogP contribution in [0.3, 0.4) is 0 Å². The summed E-state index contributed by atoms with van der Waals surface area (Å²) in [7, 11) is 0. The molecule has 2 nitrogen and oxygen atoms in total. The zero-order valence-corrected chi connectivity index (χ0v) is 12.9. The lowest BCUT2D eigenvalue weighted by Crippen LogP contribution is -2.10. The summed E-state index contributed by atoms with van der Waals surface area (Å²) in [5.74, 6) is 0.498. The molecule has 0 amide bonds. The van der Waals surface area contributed by atoms with Crippen molar-refractivity contribution in [3.63, 3.8) is 0 Å². The van der Waals surface area contributed by atoms with Crippen LogP contribution >= 0.6 is 0 Å². The maximum atomic E-state index is 13.8. The number of benzene rings is 2. The van der Waals surface area contributed by atoms with Crippen LogP contribution in [0.5, 0.6) is 11.5 Å². The Bertz CT molecular complexity index is 610. The van der Waals surface area contributed by atoms with Crippen LogP contribution in [0.25, 0.3) is 0 Å². The fourth-order valence-electron chi connectivity index (χ4n) is 2.16. The third-order valence-electron chi connectivity index (χ3n) is 3.38. The first kappa shape index (κ1) is 15.5. The first-order valence-corrected chi connectivity index (χ1v) is 7.04. The molecule has 1 N–H and O–H groups in total. The quantitative estimate of drug-likeness (QED) is 0.864. The van der Waals surface area contributed by atoms with Gasteiger partial charge in [0, 0.05) is 0 Å². The molecule has 3 heteroatoms. The van der Waals surface area contributed by atoms with E-state index in [1.807, 2.05) is 24.3 Å². The van der Waals surface area contributed by atoms with Crippen molar-refractivity contribution in [2.45, 2.75) is 39.2 Å². The second-order valence-electron chi connectivity index (χ2n) is 6.20. The Morgan fingerprint density at radius 1 is 1.05 bits per heavy atom. The lowest BCUT2D eigenvalue weighted by atomic mass is 9.87. The van der Waals surface area contributed by atoms with Crippen LogP contribution in [0.2, 0.25) is 0 Å². The SMILES string of the molecule is CC(O)c1c(F)cccc1Oc1ccc(C(C)(C)C)cc1. The molecular formula is C18H21FO2. The van der Waals surface area contributed by atoms with Crippen molar-refractivity contribution in [1.29, 1.82) is 0 Å². The molecule has 0 fully saturated rings. The van der Waals surface area contributed by atoms with Crippen molar-refractivity contribution in [2.24, 2.45) is 0 Å². The van der Waals surface area contributed by atoms with Gasteiger partial charge in [-0.1, -0.05) is 39.0 Å². The molecule has 1 atom stereocenters. The van der Waals surface area contributed by atoms with Gasteiger partial charge in [0.25, 0.3) is 0 Å². The molecule has 2 aromatic rings. The van der Waals surface area contributed by atoms with Gasteiger partial charge in [-0.15, -0.1) is 0 Å². The smallest absolute Gasteiger partial charge is 0.136 e. The van der Waals surface area contributed by atoms with Gasteiger partial charge in [-0.2, -0.15) is 0 Å². The first-order chi connectivity index (χ1) is 9.79. The Balaban J connectivity index is 2.29. The predicted molar refractivity (Wildman–Crippen MR) is 82.2 cm³/mol. The van der Waals surface area contributed by atoms with Gasteiger partial charge in [0.15, 0.2) is 0 Å². The van der Waals surface area contributed by atoms with E-state index in [2.05, 4.69) is 20.8 Å². The van der Waals surface area contributed by atoms with Gasteiger partial charge in [-0.3, -0.25) is 0 Å². The number of hydrogen-bond donors (Lipinski definition) is 1. The van der Waals surface area contributed by atoms with E-state index in [1.54, 1.807) is 12.1 Å². The van der Waals surface area contributed by atoms with Crippen LogP contribution < -0.4 is 4.74 Å². The van der Waals surface area contributed by atoms with Crippen LogP contribution in [-0.2, 0) is 5.41 Å². The molecule has 1 unspecified atom stereocenters. The summed E-state index contributed by atoms with van der Waals surface area (Å²) in [4.78, 5) is 0. The molecule has 0 bridgehead atoms. The highest BCUT2D eigenvalue weighted by Crippen LogP contribution is 2.32. The molecule has 0 spiro atoms. The topological polar surface area (TPSA) is 29.5 Å². The Morgan fingerprint density at radius 2 is 1.67 bits per heavy atom. The number of aliphatic hydroxyl groups excluding tert-OH is 1. The zero-order chi connectivity index (χ0) is 15.6. The lowest BCUT2D eigenvalue weighted by molar-refractivity contribution is 0.190. The van der Waals surface area contributed by atoms with Crippen molar-refractivity contribution in [3.8, 4) is 11.5 Å². The average Bonchev–Trinajstić information content (AvgIpc) is 2.38. The number of rotatable bonds is 3. The number of hydrogen-bond acceptors (Lipinski definition) is 2. The molecular weight excluding hydrogens is 267 g/mol. The maximum absolute atomic E-state index is 13.8. The molecule has 0 radical (unpaired) electrons. The van der Waals surface area contributed by atoms with Crippen molar-refractivity contribution in [1.82, 2.24) is 0 Å². The minimum Gasteiger partial charge on any atom is -0.457 e. The largest absolute Gasteiger partial charge is 0.457 e. The summed E-state index contributed by atoms with van der Waals surface area (Å²) in [5, 5.41) is 9.69. The van der Waals surface area contributed by atoms with Crippen molar-refractivity contribution < 1.29 is 14.2 Å². The standard InChI is InChI=1S/C18H21FO2/c1-12(20)17-15(19)6-5-7-16(17)21-14-10-8-13(9-11-14)18(2,3)4/h5-12,20H,1-4H3. The Hall–Kier alpha value is -1.87. The molecule has 21 heavy (non-hydrogen) atoms. The normalized spacial score (nSPS) is 13.0. The number of halogens is 1. The molecule has 0 saturated heterocycles. The minimum absolute atomic E-state index is 0.0716. The fourth-order valence-corrected chi connectivity index (χ4v) is 2.16. The molecule has 0 aromatic heterocycles. The third-order valence-corrected chi connectivity index (χ3v) is 3.38. The summed E-state index contributed by atoms with van der Waals surface area (Å²) in [6, 6.07) is 12.3. The minimum atomic E-state index is -0.921. The molecule has 2 rings (SSSR count). The summed E-state index contributed by atoms with van der Waals surface area (Å²) < 4.78 is 19.5. The second kappa shape index (κ2) is 5.86. The van der Waals surface area contributed by atoms with E-state index >= 15 is 0 Å². The van der Waals surface area contributed by atoms with E-state index in [4.69, 9.17) is 4.74 Å². The molecule has 2 aromatic carbocycles. The Kier molecular flexibility index (Phi) is 4.33. The van der Waals surface area contributed by atoms with E-state index in [0.717, 1.165) is 0 Å². The van der Waals surface area contributed by atoms with Crippen LogP contribution in [0, 0.1) is 5.82 Å². The van der Waals surface area contributed by atoms with E-state index in [0.29, 0.717) is 11.5 Å². The third kappa shape index (κ3) is 3.61. The molecule has 112 valence electrons. The maximum Gasteiger partial charge on any atom is 0.136 e. The average molecular weight is 288 g/mol. The Labute approximate surface area is 125 Å². The highest BCUT2D eigenvalue weighted by Gasteiger charge is 2.16. The fraction of sp³-hybridized carbons (Fsp3) is 0.333. The van der Waals surface area contributed by atoms with E-state index < -0.39 is 11.9 Å². The summed E-state index contributed by atoms with van der Waals surface area (Å²) in [6.07, 6.45) is -0.921. The summed E-state index contributed by atoms with van der Waals surface area (Å²) in [5.41, 5.74) is 1.45. The monoisotopic (exact) mass is 288 g/mol. The molecule has 0 aliphatic carbocycles. The van der Waals surface area contributed by atoms with Gasteiger partial charge in [0.05, 0.1) is 11.7 Å². The van der Waals surface area contributed by atoms with E-state index in [9.17, 15) is 9.50 Å². The van der Waals surface area contributed by atoms with Gasteiger partial charge in [0.1, 0.15) is 17.3 Å². The van der Waals surface area contributed by atoms with Crippen LogP contribution in [0.4, 0.5) is 4.39 Å². The summed E-state index contributed by atoms with van der Waals surface area (Å²) >= 11 is 0. The molecule has 0 aliphatic heterocycles. The van der Waals surface area contributed by atoms with Gasteiger partial charge in [0.2, 0.25) is 0 Å². The predicted octanol–water partition coefficient (Wildman–Crippen LogP) is 4.97. The van der Waals surface area contributed by atoms with Crippen LogP contribution in [-0.4, -0.2) is 5.11 Å².